The summed E-state index contributed by atoms with van der Waals surface area (Å²) in [5.41, 5.74) is 0.389. The Morgan fingerprint density at radius 1 is 1.16 bits per heavy atom. The van der Waals surface area contributed by atoms with Gasteiger partial charge in [0.25, 0.3) is 11.5 Å². The van der Waals surface area contributed by atoms with Crippen molar-refractivity contribution in [3.8, 4) is 5.75 Å². The molecule has 1 N–H and O–H groups in total. The molecule has 1 aromatic carbocycles. The highest BCUT2D eigenvalue weighted by Crippen LogP contribution is 2.29. The van der Waals surface area contributed by atoms with Gasteiger partial charge in [0.05, 0.1) is 43.7 Å². The third-order valence-electron chi connectivity index (χ3n) is 4.84. The zero-order valence-corrected chi connectivity index (χ0v) is 18.5. The maximum absolute atomic E-state index is 14.5. The van der Waals surface area contributed by atoms with Gasteiger partial charge < -0.3 is 14.8 Å². The van der Waals surface area contributed by atoms with Crippen molar-refractivity contribution in [2.75, 3.05) is 32.2 Å². The van der Waals surface area contributed by atoms with Gasteiger partial charge in [-0.15, -0.1) is 0 Å². The van der Waals surface area contributed by atoms with Gasteiger partial charge in [-0.25, -0.2) is 9.45 Å². The Morgan fingerprint density at radius 2 is 1.90 bits per heavy atom. The van der Waals surface area contributed by atoms with Crippen molar-refractivity contribution in [2.45, 2.75) is 32.8 Å². The van der Waals surface area contributed by atoms with Gasteiger partial charge >= 0.3 is 0 Å². The van der Waals surface area contributed by atoms with Crippen molar-refractivity contribution in [1.82, 2.24) is 9.63 Å². The lowest BCUT2D eigenvalue weighted by molar-refractivity contribution is -0.148. The van der Waals surface area contributed by atoms with Crippen molar-refractivity contribution in [1.29, 1.82) is 0 Å². The average Bonchev–Trinajstić information content (AvgIpc) is 2.70. The second-order valence-electron chi connectivity index (χ2n) is 8.21. The third kappa shape index (κ3) is 5.23. The van der Waals surface area contributed by atoms with Crippen LogP contribution in [0.25, 0.3) is 0 Å². The van der Waals surface area contributed by atoms with Gasteiger partial charge in [0.15, 0.2) is 0 Å². The zero-order chi connectivity index (χ0) is 22.8. The lowest BCUT2D eigenvalue weighted by Gasteiger charge is -2.30. The van der Waals surface area contributed by atoms with E-state index in [1.807, 2.05) is 20.8 Å². The molecular formula is C22H28FN3O5. The Bertz CT molecular complexity index is 1030. The maximum atomic E-state index is 14.5. The number of halogens is 1. The van der Waals surface area contributed by atoms with E-state index in [-0.39, 0.29) is 34.8 Å². The van der Waals surface area contributed by atoms with E-state index < -0.39 is 11.7 Å². The Labute approximate surface area is 180 Å². The molecule has 9 heteroatoms. The molecule has 2 heterocycles. The van der Waals surface area contributed by atoms with Gasteiger partial charge in [0.1, 0.15) is 17.4 Å². The van der Waals surface area contributed by atoms with Crippen molar-refractivity contribution >= 4 is 17.4 Å². The second kappa shape index (κ2) is 9.07. The van der Waals surface area contributed by atoms with E-state index in [4.69, 9.17) is 14.3 Å². The number of amides is 1. The number of nitrogens with zero attached hydrogens (tertiary/aromatic N) is 2. The number of ether oxygens (including phenoxy) is 2. The van der Waals surface area contributed by atoms with Crippen LogP contribution >= 0.6 is 0 Å². The Balaban J connectivity index is 1.87. The number of methoxy groups -OCH3 is 1. The molecule has 0 saturated carbocycles. The zero-order valence-electron chi connectivity index (χ0n) is 18.5. The molecule has 168 valence electrons. The average molecular weight is 433 g/mol. The van der Waals surface area contributed by atoms with E-state index in [2.05, 4.69) is 5.32 Å². The first-order valence-electron chi connectivity index (χ1n) is 10.0. The summed E-state index contributed by atoms with van der Waals surface area (Å²) in [6.07, 6.45) is 0.442. The number of carbonyl (C=O) groups excluding carboxylic acids is 1. The third-order valence-corrected chi connectivity index (χ3v) is 4.84. The molecule has 0 unspecified atom stereocenters. The lowest BCUT2D eigenvalue weighted by Crippen LogP contribution is -2.41. The van der Waals surface area contributed by atoms with Crippen molar-refractivity contribution in [3.05, 3.63) is 51.6 Å². The number of hydroxylamine groups is 2. The monoisotopic (exact) mass is 433 g/mol. The van der Waals surface area contributed by atoms with Crippen LogP contribution in [0.5, 0.6) is 5.75 Å². The molecule has 0 radical (unpaired) electrons. The van der Waals surface area contributed by atoms with Crippen LogP contribution in [0.3, 0.4) is 0 Å². The summed E-state index contributed by atoms with van der Waals surface area (Å²) >= 11 is 0. The Morgan fingerprint density at radius 3 is 2.55 bits per heavy atom. The Hall–Kier alpha value is -2.91. The second-order valence-corrected chi connectivity index (χ2v) is 8.21. The molecule has 0 saturated heterocycles. The molecule has 2 aromatic rings. The van der Waals surface area contributed by atoms with Crippen LogP contribution in [0.2, 0.25) is 0 Å². The molecule has 1 aromatic heterocycles. The van der Waals surface area contributed by atoms with Gasteiger partial charge in [-0.3, -0.25) is 19.0 Å². The summed E-state index contributed by atoms with van der Waals surface area (Å²) in [5.74, 6) is -0.403. The van der Waals surface area contributed by atoms with E-state index in [1.54, 1.807) is 6.07 Å². The number of aromatic nitrogens is 1. The van der Waals surface area contributed by atoms with Crippen molar-refractivity contribution in [2.24, 2.45) is 7.05 Å². The van der Waals surface area contributed by atoms with E-state index in [1.165, 1.54) is 42.0 Å². The minimum Gasteiger partial charge on any atom is -0.497 e. The molecule has 8 nitrogen and oxygen atoms in total. The summed E-state index contributed by atoms with van der Waals surface area (Å²) in [4.78, 5) is 31.2. The van der Waals surface area contributed by atoms with E-state index in [0.717, 1.165) is 0 Å². The van der Waals surface area contributed by atoms with Crippen molar-refractivity contribution in [3.63, 3.8) is 0 Å². The fraction of sp³-hybridized carbons (Fsp3) is 0.455. The predicted octanol–water partition coefficient (Wildman–Crippen LogP) is 3.02. The van der Waals surface area contributed by atoms with Crippen LogP contribution in [-0.2, 0) is 23.0 Å². The summed E-state index contributed by atoms with van der Waals surface area (Å²) < 4.78 is 26.4. The van der Waals surface area contributed by atoms with E-state index in [0.29, 0.717) is 30.9 Å². The van der Waals surface area contributed by atoms with E-state index in [9.17, 15) is 14.0 Å². The largest absolute Gasteiger partial charge is 0.497 e. The van der Waals surface area contributed by atoms with Crippen LogP contribution < -0.4 is 15.6 Å². The first-order chi connectivity index (χ1) is 14.6. The van der Waals surface area contributed by atoms with E-state index >= 15 is 0 Å². The van der Waals surface area contributed by atoms with Gasteiger partial charge in [0, 0.05) is 19.2 Å². The number of carbonyl (C=O) groups is 1. The number of anilines is 2. The minimum atomic E-state index is -0.569. The van der Waals surface area contributed by atoms with Gasteiger partial charge in [0.2, 0.25) is 0 Å². The summed E-state index contributed by atoms with van der Waals surface area (Å²) in [7, 11) is 2.97. The predicted molar refractivity (Wildman–Crippen MR) is 114 cm³/mol. The quantitative estimate of drug-likeness (QED) is 0.676. The highest BCUT2D eigenvalue weighted by molar-refractivity contribution is 6.01. The molecule has 1 aliphatic heterocycles. The molecule has 31 heavy (non-hydrogen) atoms. The van der Waals surface area contributed by atoms with Crippen LogP contribution in [-0.4, -0.2) is 48.0 Å². The van der Waals surface area contributed by atoms with Gasteiger partial charge in [-0.1, -0.05) is 0 Å². The summed E-state index contributed by atoms with van der Waals surface area (Å²) in [5, 5.41) is 4.16. The molecule has 1 aliphatic rings. The minimum absolute atomic E-state index is 0.119. The van der Waals surface area contributed by atoms with Crippen LogP contribution in [0.15, 0.2) is 29.1 Å². The summed E-state index contributed by atoms with van der Waals surface area (Å²) in [6, 6.07) is 5.74. The number of hydrogen-bond acceptors (Lipinski definition) is 6. The fourth-order valence-electron chi connectivity index (χ4n) is 3.25. The number of rotatable bonds is 7. The van der Waals surface area contributed by atoms with Gasteiger partial charge in [-0.05, 0) is 44.9 Å². The number of hydrogen-bond donors (Lipinski definition) is 1. The molecule has 0 atom stereocenters. The number of nitrogens with one attached hydrogen (secondary N) is 1. The van der Waals surface area contributed by atoms with Crippen LogP contribution in [0.1, 0.15) is 36.7 Å². The molecule has 0 fully saturated rings. The summed E-state index contributed by atoms with van der Waals surface area (Å²) in [6.45, 7) is 6.66. The van der Waals surface area contributed by atoms with Crippen LogP contribution in [0, 0.1) is 5.82 Å². The molecule has 0 bridgehead atoms. The number of benzene rings is 1. The normalized spacial score (nSPS) is 13.9. The lowest BCUT2D eigenvalue weighted by atomic mass is 10.0. The highest BCUT2D eigenvalue weighted by atomic mass is 19.1. The first-order valence-corrected chi connectivity index (χ1v) is 10.0. The first kappa shape index (κ1) is 22.8. The number of fused-ring (bicyclic) bond motifs is 1. The molecule has 3 rings (SSSR count). The fourth-order valence-corrected chi connectivity index (χ4v) is 3.25. The Kier molecular flexibility index (Phi) is 6.66. The SMILES string of the molecule is COc1ccc(Nc2c3c(cc(=O)n2C)CCN(OCCOC(C)(C)C)C3=O)c(F)c1. The molecular weight excluding hydrogens is 405 g/mol. The van der Waals surface area contributed by atoms with Crippen LogP contribution in [0.4, 0.5) is 15.9 Å². The van der Waals surface area contributed by atoms with Gasteiger partial charge in [-0.2, -0.15) is 0 Å². The number of pyridine rings is 1. The molecule has 1 amide bonds. The maximum Gasteiger partial charge on any atom is 0.281 e. The smallest absolute Gasteiger partial charge is 0.281 e. The standard InChI is InChI=1S/C22H28FN3O5/c1-22(2,3)30-10-11-31-26-9-8-14-12-18(27)25(4)20(19(14)21(26)28)24-17-7-6-15(29-5)13-16(17)23/h6-7,12-13,24H,8-11H2,1-5H3. The highest BCUT2D eigenvalue weighted by Gasteiger charge is 2.30. The molecule has 0 aliphatic carbocycles. The molecule has 0 spiro atoms. The van der Waals surface area contributed by atoms with Crippen molar-refractivity contribution < 1.29 is 23.5 Å². The topological polar surface area (TPSA) is 82.0 Å².